The van der Waals surface area contributed by atoms with Crippen LogP contribution in [0, 0.1) is 5.92 Å². The van der Waals surface area contributed by atoms with E-state index in [1.807, 2.05) is 0 Å². The standard InChI is InChI=1S/C20H32N2O4/c1-7-22-9-8-14-10-16(25-5)17(26-6)11-15(14)20(22)19(13(2)3)21-18(23)12-24-4/h10-11,13,19-20H,7-9,12H2,1-6H3,(H,21,23). The van der Waals surface area contributed by atoms with Gasteiger partial charge in [-0.05, 0) is 42.1 Å². The third kappa shape index (κ3) is 4.30. The molecule has 6 nitrogen and oxygen atoms in total. The van der Waals surface area contributed by atoms with Crippen LogP contribution in [-0.2, 0) is 16.0 Å². The number of nitrogens with zero attached hydrogens (tertiary/aromatic N) is 1. The van der Waals surface area contributed by atoms with Crippen LogP contribution in [0.5, 0.6) is 11.5 Å². The molecule has 0 fully saturated rings. The molecule has 1 aliphatic rings. The summed E-state index contributed by atoms with van der Waals surface area (Å²) in [6.45, 7) is 8.38. The molecule has 146 valence electrons. The quantitative estimate of drug-likeness (QED) is 0.768. The number of fused-ring (bicyclic) bond motifs is 1. The van der Waals surface area contributed by atoms with E-state index in [2.05, 4.69) is 43.1 Å². The second-order valence-electron chi connectivity index (χ2n) is 7.00. The highest BCUT2D eigenvalue weighted by Gasteiger charge is 2.36. The summed E-state index contributed by atoms with van der Waals surface area (Å²) in [6.07, 6.45) is 0.955. The Morgan fingerprint density at radius 1 is 1.23 bits per heavy atom. The molecule has 0 saturated heterocycles. The summed E-state index contributed by atoms with van der Waals surface area (Å²) in [4.78, 5) is 14.7. The van der Waals surface area contributed by atoms with Crippen LogP contribution < -0.4 is 14.8 Å². The van der Waals surface area contributed by atoms with Gasteiger partial charge in [0.2, 0.25) is 5.91 Å². The van der Waals surface area contributed by atoms with Crippen molar-refractivity contribution < 1.29 is 19.0 Å². The molecular formula is C20H32N2O4. The number of carbonyl (C=O) groups is 1. The Bertz CT molecular complexity index is 618. The Morgan fingerprint density at radius 3 is 2.42 bits per heavy atom. The maximum absolute atomic E-state index is 12.2. The van der Waals surface area contributed by atoms with Crippen molar-refractivity contribution in [2.75, 3.05) is 41.0 Å². The van der Waals surface area contributed by atoms with Gasteiger partial charge in [0.1, 0.15) is 6.61 Å². The van der Waals surface area contributed by atoms with Gasteiger partial charge in [-0.2, -0.15) is 0 Å². The van der Waals surface area contributed by atoms with Gasteiger partial charge in [-0.15, -0.1) is 0 Å². The Balaban J connectivity index is 2.48. The molecule has 0 saturated carbocycles. The molecule has 2 atom stereocenters. The van der Waals surface area contributed by atoms with Crippen molar-refractivity contribution in [1.82, 2.24) is 10.2 Å². The maximum atomic E-state index is 12.2. The van der Waals surface area contributed by atoms with Crippen molar-refractivity contribution in [3.05, 3.63) is 23.3 Å². The fraction of sp³-hybridized carbons (Fsp3) is 0.650. The minimum Gasteiger partial charge on any atom is -0.493 e. The monoisotopic (exact) mass is 364 g/mol. The van der Waals surface area contributed by atoms with Gasteiger partial charge in [-0.3, -0.25) is 9.69 Å². The molecule has 1 N–H and O–H groups in total. The summed E-state index contributed by atoms with van der Waals surface area (Å²) in [5.41, 5.74) is 2.45. The Hall–Kier alpha value is -1.79. The third-order valence-electron chi connectivity index (χ3n) is 5.09. The van der Waals surface area contributed by atoms with Gasteiger partial charge in [0.15, 0.2) is 11.5 Å². The number of rotatable bonds is 8. The molecule has 0 radical (unpaired) electrons. The predicted molar refractivity (Wildman–Crippen MR) is 102 cm³/mol. The van der Waals surface area contributed by atoms with E-state index in [-0.39, 0.29) is 30.5 Å². The smallest absolute Gasteiger partial charge is 0.246 e. The molecule has 0 bridgehead atoms. The van der Waals surface area contributed by atoms with Crippen LogP contribution in [-0.4, -0.2) is 57.9 Å². The molecular weight excluding hydrogens is 332 g/mol. The van der Waals surface area contributed by atoms with Gasteiger partial charge in [-0.1, -0.05) is 20.8 Å². The summed E-state index contributed by atoms with van der Waals surface area (Å²) in [6, 6.07) is 4.21. The number of hydrogen-bond acceptors (Lipinski definition) is 5. The summed E-state index contributed by atoms with van der Waals surface area (Å²) in [5, 5.41) is 3.18. The van der Waals surface area contributed by atoms with Gasteiger partial charge in [0, 0.05) is 13.7 Å². The first-order chi connectivity index (χ1) is 12.5. The second kappa shape index (κ2) is 9.24. The van der Waals surface area contributed by atoms with Crippen molar-refractivity contribution in [3.8, 4) is 11.5 Å². The second-order valence-corrected chi connectivity index (χ2v) is 7.00. The lowest BCUT2D eigenvalue weighted by Gasteiger charge is -2.43. The number of nitrogens with one attached hydrogen (secondary N) is 1. The number of carbonyl (C=O) groups excluding carboxylic acids is 1. The largest absolute Gasteiger partial charge is 0.493 e. The average Bonchev–Trinajstić information content (AvgIpc) is 2.64. The minimum absolute atomic E-state index is 0.0187. The predicted octanol–water partition coefficient (Wildman–Crippen LogP) is 2.41. The molecule has 1 aliphatic heterocycles. The van der Waals surface area contributed by atoms with E-state index in [1.54, 1.807) is 14.2 Å². The third-order valence-corrected chi connectivity index (χ3v) is 5.09. The number of likely N-dealkylation sites (N-methyl/N-ethyl adjacent to an activating group) is 1. The van der Waals surface area contributed by atoms with Crippen molar-refractivity contribution >= 4 is 5.91 Å². The summed E-state index contributed by atoms with van der Waals surface area (Å²) in [5.74, 6) is 1.66. The first-order valence-electron chi connectivity index (χ1n) is 9.23. The molecule has 0 aromatic heterocycles. The summed E-state index contributed by atoms with van der Waals surface area (Å²) >= 11 is 0. The zero-order valence-corrected chi connectivity index (χ0v) is 16.8. The van der Waals surface area contributed by atoms with Gasteiger partial charge in [-0.25, -0.2) is 0 Å². The molecule has 26 heavy (non-hydrogen) atoms. The summed E-state index contributed by atoms with van der Waals surface area (Å²) in [7, 11) is 4.85. The van der Waals surface area contributed by atoms with E-state index in [0.29, 0.717) is 0 Å². The lowest BCUT2D eigenvalue weighted by atomic mass is 9.83. The highest BCUT2D eigenvalue weighted by Crippen LogP contribution is 2.40. The maximum Gasteiger partial charge on any atom is 0.246 e. The van der Waals surface area contributed by atoms with Crippen LogP contribution in [0.2, 0.25) is 0 Å². The first-order valence-corrected chi connectivity index (χ1v) is 9.23. The lowest BCUT2D eigenvalue weighted by molar-refractivity contribution is -0.126. The van der Waals surface area contributed by atoms with E-state index < -0.39 is 0 Å². The fourth-order valence-corrected chi connectivity index (χ4v) is 3.77. The van der Waals surface area contributed by atoms with Gasteiger partial charge in [0.25, 0.3) is 0 Å². The Morgan fingerprint density at radius 2 is 1.88 bits per heavy atom. The van der Waals surface area contributed by atoms with Gasteiger partial charge in [0.05, 0.1) is 26.3 Å². The molecule has 2 rings (SSSR count). The molecule has 1 aromatic rings. The number of methoxy groups -OCH3 is 3. The van der Waals surface area contributed by atoms with Crippen LogP contribution >= 0.6 is 0 Å². The number of amides is 1. The van der Waals surface area contributed by atoms with E-state index in [9.17, 15) is 4.79 Å². The minimum atomic E-state index is -0.0881. The van der Waals surface area contributed by atoms with Crippen molar-refractivity contribution in [3.63, 3.8) is 0 Å². The van der Waals surface area contributed by atoms with Crippen LogP contribution in [0.1, 0.15) is 37.9 Å². The lowest BCUT2D eigenvalue weighted by Crippen LogP contribution is -2.51. The van der Waals surface area contributed by atoms with Gasteiger partial charge >= 0.3 is 0 Å². The van der Waals surface area contributed by atoms with Gasteiger partial charge < -0.3 is 19.5 Å². The molecule has 0 aliphatic carbocycles. The molecule has 6 heteroatoms. The van der Waals surface area contributed by atoms with Crippen molar-refractivity contribution in [2.24, 2.45) is 5.92 Å². The van der Waals surface area contributed by atoms with Crippen LogP contribution in [0.4, 0.5) is 0 Å². The van der Waals surface area contributed by atoms with E-state index in [0.717, 1.165) is 31.0 Å². The van der Waals surface area contributed by atoms with E-state index >= 15 is 0 Å². The van der Waals surface area contributed by atoms with Crippen molar-refractivity contribution in [1.29, 1.82) is 0 Å². The zero-order chi connectivity index (χ0) is 19.3. The Labute approximate surface area is 156 Å². The number of benzene rings is 1. The average molecular weight is 364 g/mol. The molecule has 1 heterocycles. The van der Waals surface area contributed by atoms with E-state index in [1.165, 1.54) is 18.2 Å². The van der Waals surface area contributed by atoms with Crippen molar-refractivity contribution in [2.45, 2.75) is 39.3 Å². The van der Waals surface area contributed by atoms with Crippen LogP contribution in [0.25, 0.3) is 0 Å². The molecule has 1 amide bonds. The normalized spacial score (nSPS) is 18.3. The first kappa shape index (κ1) is 20.5. The summed E-state index contributed by atoms with van der Waals surface area (Å²) < 4.78 is 16.0. The molecule has 0 spiro atoms. The molecule has 1 aromatic carbocycles. The highest BCUT2D eigenvalue weighted by atomic mass is 16.5. The van der Waals surface area contributed by atoms with Crippen LogP contribution in [0.15, 0.2) is 12.1 Å². The van der Waals surface area contributed by atoms with E-state index in [4.69, 9.17) is 14.2 Å². The van der Waals surface area contributed by atoms with Crippen LogP contribution in [0.3, 0.4) is 0 Å². The topological polar surface area (TPSA) is 60.0 Å². The zero-order valence-electron chi connectivity index (χ0n) is 16.8. The highest BCUT2D eigenvalue weighted by molar-refractivity contribution is 5.77. The molecule has 2 unspecified atom stereocenters. The SMILES string of the molecule is CCN1CCc2cc(OC)c(OC)cc2C1C(NC(=O)COC)C(C)C. The fourth-order valence-electron chi connectivity index (χ4n) is 3.77. The number of hydrogen-bond donors (Lipinski definition) is 1. The number of ether oxygens (including phenoxy) is 3. The Kier molecular flexibility index (Phi) is 7.29.